The van der Waals surface area contributed by atoms with Gasteiger partial charge in [0.05, 0.1) is 24.4 Å². The smallest absolute Gasteiger partial charge is 0.297 e. The molecule has 0 atom stereocenters. The minimum atomic E-state index is -3.54. The first-order valence-corrected chi connectivity index (χ1v) is 6.38. The molecule has 0 radical (unpaired) electrons. The standard InChI is InChI=1S/C9H12N2O5S/c1-10(17(3,14)15)8-5-4-7(16-2)6-9(8)11(12)13/h4-6H,1-3H3. The maximum Gasteiger partial charge on any atom is 0.297 e. The van der Waals surface area contributed by atoms with Crippen molar-refractivity contribution in [1.82, 2.24) is 0 Å². The second kappa shape index (κ2) is 4.58. The Morgan fingerprint density at radius 2 is 2.00 bits per heavy atom. The summed E-state index contributed by atoms with van der Waals surface area (Å²) < 4.78 is 28.4. The summed E-state index contributed by atoms with van der Waals surface area (Å²) in [5.41, 5.74) is -0.324. The lowest BCUT2D eigenvalue weighted by Gasteiger charge is -2.16. The highest BCUT2D eigenvalue weighted by atomic mass is 32.2. The van der Waals surface area contributed by atoms with Crippen LogP contribution in [0.15, 0.2) is 18.2 Å². The summed E-state index contributed by atoms with van der Waals surface area (Å²) in [5, 5.41) is 10.8. The average molecular weight is 260 g/mol. The van der Waals surface area contributed by atoms with E-state index in [-0.39, 0.29) is 11.4 Å². The second-order valence-electron chi connectivity index (χ2n) is 3.34. The van der Waals surface area contributed by atoms with Crippen molar-refractivity contribution in [1.29, 1.82) is 0 Å². The number of benzene rings is 1. The number of hydrogen-bond donors (Lipinski definition) is 0. The van der Waals surface area contributed by atoms with Crippen LogP contribution in [0.25, 0.3) is 0 Å². The molecule has 1 aromatic carbocycles. The molecule has 1 aromatic rings. The Hall–Kier alpha value is -1.83. The molecule has 0 bridgehead atoms. The summed E-state index contributed by atoms with van der Waals surface area (Å²) in [4.78, 5) is 10.2. The number of nitrogens with zero attached hydrogens (tertiary/aromatic N) is 2. The Balaban J connectivity index is 3.39. The molecule has 17 heavy (non-hydrogen) atoms. The van der Waals surface area contributed by atoms with E-state index in [1.807, 2.05) is 0 Å². The van der Waals surface area contributed by atoms with Crippen LogP contribution in [0, 0.1) is 10.1 Å². The first-order valence-electron chi connectivity index (χ1n) is 4.53. The molecule has 8 heteroatoms. The molecular formula is C9H12N2O5S. The Morgan fingerprint density at radius 3 is 2.41 bits per heavy atom. The van der Waals surface area contributed by atoms with Crippen LogP contribution in [-0.2, 0) is 10.0 Å². The third-order valence-corrected chi connectivity index (χ3v) is 3.41. The van der Waals surface area contributed by atoms with Crippen molar-refractivity contribution in [2.75, 3.05) is 24.7 Å². The van der Waals surface area contributed by atoms with Gasteiger partial charge in [0.15, 0.2) is 0 Å². The molecule has 7 nitrogen and oxygen atoms in total. The van der Waals surface area contributed by atoms with E-state index in [1.54, 1.807) is 0 Å². The van der Waals surface area contributed by atoms with Gasteiger partial charge in [-0.15, -0.1) is 0 Å². The van der Waals surface area contributed by atoms with E-state index in [4.69, 9.17) is 4.74 Å². The van der Waals surface area contributed by atoms with E-state index >= 15 is 0 Å². The number of ether oxygens (including phenoxy) is 1. The molecule has 0 amide bonds. The largest absolute Gasteiger partial charge is 0.496 e. The van der Waals surface area contributed by atoms with Crippen molar-refractivity contribution in [2.24, 2.45) is 0 Å². The SMILES string of the molecule is COc1ccc(N(C)S(C)(=O)=O)c([N+](=O)[O-])c1. The first-order chi connectivity index (χ1) is 7.77. The summed E-state index contributed by atoms with van der Waals surface area (Å²) >= 11 is 0. The molecule has 0 N–H and O–H groups in total. The van der Waals surface area contributed by atoms with Gasteiger partial charge in [-0.25, -0.2) is 8.42 Å². The first kappa shape index (κ1) is 13.2. The van der Waals surface area contributed by atoms with E-state index in [0.717, 1.165) is 10.6 Å². The van der Waals surface area contributed by atoms with Gasteiger partial charge < -0.3 is 4.74 Å². The van der Waals surface area contributed by atoms with E-state index in [9.17, 15) is 18.5 Å². The lowest BCUT2D eigenvalue weighted by atomic mass is 10.2. The van der Waals surface area contributed by atoms with Crippen LogP contribution in [-0.4, -0.2) is 33.8 Å². The number of rotatable bonds is 4. The van der Waals surface area contributed by atoms with Gasteiger partial charge in [-0.1, -0.05) is 0 Å². The molecule has 0 fully saturated rings. The highest BCUT2D eigenvalue weighted by Crippen LogP contribution is 2.32. The van der Waals surface area contributed by atoms with E-state index in [0.29, 0.717) is 5.75 Å². The van der Waals surface area contributed by atoms with Crippen LogP contribution >= 0.6 is 0 Å². The van der Waals surface area contributed by atoms with Crippen LogP contribution in [0.1, 0.15) is 0 Å². The molecule has 0 saturated carbocycles. The van der Waals surface area contributed by atoms with Gasteiger partial charge >= 0.3 is 0 Å². The number of nitro benzene ring substituents is 1. The van der Waals surface area contributed by atoms with E-state index < -0.39 is 14.9 Å². The average Bonchev–Trinajstić information content (AvgIpc) is 2.25. The van der Waals surface area contributed by atoms with Gasteiger partial charge in [0.1, 0.15) is 11.4 Å². The number of methoxy groups -OCH3 is 1. The van der Waals surface area contributed by atoms with Crippen molar-refractivity contribution in [3.05, 3.63) is 28.3 Å². The molecule has 0 aromatic heterocycles. The van der Waals surface area contributed by atoms with E-state index in [1.165, 1.54) is 32.4 Å². The van der Waals surface area contributed by atoms with Gasteiger partial charge in [-0.2, -0.15) is 0 Å². The number of sulfonamides is 1. The zero-order valence-corrected chi connectivity index (χ0v) is 10.4. The van der Waals surface area contributed by atoms with Gasteiger partial charge in [0.25, 0.3) is 5.69 Å². The van der Waals surface area contributed by atoms with Crippen molar-refractivity contribution in [2.45, 2.75) is 0 Å². The summed E-state index contributed by atoms with van der Waals surface area (Å²) in [6, 6.07) is 3.97. The quantitative estimate of drug-likeness (QED) is 0.595. The monoisotopic (exact) mass is 260 g/mol. The van der Waals surface area contributed by atoms with Crippen LogP contribution in [0.2, 0.25) is 0 Å². The van der Waals surface area contributed by atoms with Gasteiger partial charge in [-0.05, 0) is 12.1 Å². The van der Waals surface area contributed by atoms with Crippen molar-refractivity contribution in [3.63, 3.8) is 0 Å². The molecule has 94 valence electrons. The minimum absolute atomic E-state index is 0.00157. The van der Waals surface area contributed by atoms with Crippen LogP contribution in [0.4, 0.5) is 11.4 Å². The summed E-state index contributed by atoms with van der Waals surface area (Å²) in [6.45, 7) is 0. The fourth-order valence-electron chi connectivity index (χ4n) is 1.22. The molecule has 0 aliphatic rings. The molecule has 0 unspecified atom stereocenters. The van der Waals surface area contributed by atoms with Gasteiger partial charge in [0, 0.05) is 7.05 Å². The number of hydrogen-bond acceptors (Lipinski definition) is 5. The van der Waals surface area contributed by atoms with Crippen molar-refractivity contribution >= 4 is 21.4 Å². The molecule has 0 aliphatic heterocycles. The molecular weight excluding hydrogens is 248 g/mol. The van der Waals surface area contributed by atoms with Crippen molar-refractivity contribution in [3.8, 4) is 5.75 Å². The lowest BCUT2D eigenvalue weighted by molar-refractivity contribution is -0.384. The third-order valence-electron chi connectivity index (χ3n) is 2.22. The second-order valence-corrected chi connectivity index (χ2v) is 5.36. The lowest BCUT2D eigenvalue weighted by Crippen LogP contribution is -2.25. The summed E-state index contributed by atoms with van der Waals surface area (Å²) in [6.07, 6.45) is 0.973. The summed E-state index contributed by atoms with van der Waals surface area (Å²) in [5.74, 6) is 0.294. The molecule has 0 saturated heterocycles. The van der Waals surface area contributed by atoms with Gasteiger partial charge in [0.2, 0.25) is 10.0 Å². The maximum absolute atomic E-state index is 11.3. The number of anilines is 1. The highest BCUT2D eigenvalue weighted by Gasteiger charge is 2.23. The fourth-order valence-corrected chi connectivity index (χ4v) is 1.73. The predicted molar refractivity (Wildman–Crippen MR) is 62.9 cm³/mol. The minimum Gasteiger partial charge on any atom is -0.496 e. The highest BCUT2D eigenvalue weighted by molar-refractivity contribution is 7.92. The third kappa shape index (κ3) is 2.84. The van der Waals surface area contributed by atoms with Crippen LogP contribution in [0.5, 0.6) is 5.75 Å². The maximum atomic E-state index is 11.3. The molecule has 1 rings (SSSR count). The molecule has 0 heterocycles. The number of nitro groups is 1. The molecule has 0 aliphatic carbocycles. The zero-order valence-electron chi connectivity index (χ0n) is 9.58. The topological polar surface area (TPSA) is 89.8 Å². The normalized spacial score (nSPS) is 11.0. The Bertz CT molecular complexity index is 540. The zero-order chi connectivity index (χ0) is 13.2. The predicted octanol–water partition coefficient (Wildman–Crippen LogP) is 0.999. The summed E-state index contributed by atoms with van der Waals surface area (Å²) in [7, 11) is -0.915. The van der Waals surface area contributed by atoms with Crippen LogP contribution < -0.4 is 9.04 Å². The Labute approximate surface area is 98.8 Å². The van der Waals surface area contributed by atoms with Gasteiger partial charge in [-0.3, -0.25) is 14.4 Å². The van der Waals surface area contributed by atoms with E-state index in [2.05, 4.69) is 0 Å². The van der Waals surface area contributed by atoms with Crippen LogP contribution in [0.3, 0.4) is 0 Å². The fraction of sp³-hybridized carbons (Fsp3) is 0.333. The molecule has 0 spiro atoms. The Kier molecular flexibility index (Phi) is 3.56. The Morgan fingerprint density at radius 1 is 1.41 bits per heavy atom. The van der Waals surface area contributed by atoms with Crippen molar-refractivity contribution < 1.29 is 18.1 Å².